The van der Waals surface area contributed by atoms with Crippen LogP contribution in [0.15, 0.2) is 12.3 Å². The number of methoxy groups -OCH3 is 1. The van der Waals surface area contributed by atoms with Crippen molar-refractivity contribution in [2.75, 3.05) is 51.2 Å². The van der Waals surface area contributed by atoms with Gasteiger partial charge in [-0.1, -0.05) is 6.92 Å². The van der Waals surface area contributed by atoms with Gasteiger partial charge < -0.3 is 19.7 Å². The Balaban J connectivity index is 2.18. The fraction of sp³-hybridized carbons (Fsp3) is 0.615. The van der Waals surface area contributed by atoms with E-state index >= 15 is 0 Å². The Labute approximate surface area is 108 Å². The number of anilines is 2. The van der Waals surface area contributed by atoms with Crippen LogP contribution in [0.5, 0.6) is 5.88 Å². The molecule has 2 heterocycles. The summed E-state index contributed by atoms with van der Waals surface area (Å²) in [5, 5.41) is 3.45. The molecule has 0 unspecified atom stereocenters. The number of nitrogens with one attached hydrogen (secondary N) is 1. The van der Waals surface area contributed by atoms with Crippen LogP contribution in [0.4, 0.5) is 11.4 Å². The summed E-state index contributed by atoms with van der Waals surface area (Å²) in [4.78, 5) is 6.29. The third kappa shape index (κ3) is 2.51. The van der Waals surface area contributed by atoms with E-state index in [4.69, 9.17) is 9.47 Å². The first-order valence-electron chi connectivity index (χ1n) is 6.08. The zero-order valence-corrected chi connectivity index (χ0v) is 11.5. The molecule has 0 amide bonds. The smallest absolute Gasteiger partial charge is 0.239 e. The van der Waals surface area contributed by atoms with Gasteiger partial charge in [0.05, 0.1) is 26.0 Å². The van der Waals surface area contributed by atoms with Crippen molar-refractivity contribution < 1.29 is 9.47 Å². The van der Waals surface area contributed by atoms with Crippen molar-refractivity contribution in [2.45, 2.75) is 6.92 Å². The highest BCUT2D eigenvalue weighted by Gasteiger charge is 2.33. The van der Waals surface area contributed by atoms with Gasteiger partial charge in [-0.15, -0.1) is 0 Å². The molecule has 2 rings (SSSR count). The quantitative estimate of drug-likeness (QED) is 0.861. The minimum absolute atomic E-state index is 0.213. The lowest BCUT2D eigenvalue weighted by Crippen LogP contribution is -2.45. The number of hydrogen-bond donors (Lipinski definition) is 1. The molecule has 5 heteroatoms. The van der Waals surface area contributed by atoms with Crippen LogP contribution in [0, 0.1) is 5.41 Å². The Hall–Kier alpha value is -1.49. The van der Waals surface area contributed by atoms with Crippen molar-refractivity contribution in [1.29, 1.82) is 0 Å². The lowest BCUT2D eigenvalue weighted by Gasteiger charge is -2.38. The lowest BCUT2D eigenvalue weighted by molar-refractivity contribution is -0.0924. The molecule has 18 heavy (non-hydrogen) atoms. The van der Waals surface area contributed by atoms with E-state index in [2.05, 4.69) is 17.2 Å². The number of nitrogens with zero attached hydrogens (tertiary/aromatic N) is 2. The zero-order valence-electron chi connectivity index (χ0n) is 11.5. The van der Waals surface area contributed by atoms with Gasteiger partial charge in [0.1, 0.15) is 5.69 Å². The molecule has 0 aliphatic carbocycles. The molecule has 1 N–H and O–H groups in total. The third-order valence-corrected chi connectivity index (χ3v) is 3.16. The predicted octanol–water partition coefficient (Wildman–Crippen LogP) is 1.60. The van der Waals surface area contributed by atoms with Gasteiger partial charge >= 0.3 is 0 Å². The Morgan fingerprint density at radius 2 is 2.22 bits per heavy atom. The molecule has 1 aliphatic heterocycles. The first-order chi connectivity index (χ1) is 8.56. The van der Waals surface area contributed by atoms with Crippen LogP contribution in [0.25, 0.3) is 0 Å². The second-order valence-corrected chi connectivity index (χ2v) is 5.27. The van der Waals surface area contributed by atoms with Crippen molar-refractivity contribution in [3.05, 3.63) is 12.3 Å². The molecular formula is C13H21N3O2. The summed E-state index contributed by atoms with van der Waals surface area (Å²) in [5.41, 5.74) is 2.23. The molecule has 0 atom stereocenters. The highest BCUT2D eigenvalue weighted by atomic mass is 16.5. The highest BCUT2D eigenvalue weighted by Crippen LogP contribution is 2.34. The summed E-state index contributed by atoms with van der Waals surface area (Å²) in [5.74, 6) is 0.630. The number of aromatic nitrogens is 1. The van der Waals surface area contributed by atoms with Gasteiger partial charge in [-0.05, 0) is 6.07 Å². The van der Waals surface area contributed by atoms with E-state index in [1.54, 1.807) is 13.3 Å². The van der Waals surface area contributed by atoms with Crippen LogP contribution in [-0.4, -0.2) is 45.9 Å². The monoisotopic (exact) mass is 251 g/mol. The summed E-state index contributed by atoms with van der Waals surface area (Å²) >= 11 is 0. The SMILES string of the molecule is COc1nccc(N(C)C)c1NCC1(C)COC1. The molecule has 100 valence electrons. The maximum Gasteiger partial charge on any atom is 0.239 e. The molecule has 1 saturated heterocycles. The van der Waals surface area contributed by atoms with E-state index in [1.165, 1.54) is 0 Å². The van der Waals surface area contributed by atoms with Crippen LogP contribution in [0.1, 0.15) is 6.92 Å². The molecule has 0 spiro atoms. The summed E-state index contributed by atoms with van der Waals surface area (Å²) in [6.45, 7) is 4.68. The van der Waals surface area contributed by atoms with Crippen molar-refractivity contribution in [3.63, 3.8) is 0 Å². The molecule has 1 aromatic heterocycles. The zero-order chi connectivity index (χ0) is 13.2. The molecule has 1 aromatic rings. The minimum atomic E-state index is 0.213. The normalized spacial score (nSPS) is 16.9. The van der Waals surface area contributed by atoms with E-state index in [1.807, 2.05) is 25.1 Å². The summed E-state index contributed by atoms with van der Waals surface area (Å²) in [6.07, 6.45) is 1.76. The summed E-state index contributed by atoms with van der Waals surface area (Å²) in [7, 11) is 5.66. The number of ether oxygens (including phenoxy) is 2. The molecule has 1 fully saturated rings. The van der Waals surface area contributed by atoms with Gasteiger partial charge in [-0.2, -0.15) is 0 Å². The first kappa shape index (κ1) is 13.0. The van der Waals surface area contributed by atoms with Gasteiger partial charge in [0.15, 0.2) is 0 Å². The number of pyridine rings is 1. The highest BCUT2D eigenvalue weighted by molar-refractivity contribution is 5.74. The van der Waals surface area contributed by atoms with E-state index < -0.39 is 0 Å². The molecule has 0 aromatic carbocycles. The molecule has 5 nitrogen and oxygen atoms in total. The second-order valence-electron chi connectivity index (χ2n) is 5.27. The van der Waals surface area contributed by atoms with Crippen molar-refractivity contribution in [2.24, 2.45) is 5.41 Å². The van der Waals surface area contributed by atoms with Gasteiger partial charge in [-0.3, -0.25) is 0 Å². The molecule has 0 bridgehead atoms. The second kappa shape index (κ2) is 5.02. The van der Waals surface area contributed by atoms with E-state index in [0.717, 1.165) is 31.1 Å². The van der Waals surface area contributed by atoms with Crippen LogP contribution in [0.3, 0.4) is 0 Å². The first-order valence-corrected chi connectivity index (χ1v) is 6.08. The molecular weight excluding hydrogens is 230 g/mol. The number of hydrogen-bond acceptors (Lipinski definition) is 5. The standard InChI is InChI=1S/C13H21N3O2/c1-13(8-18-9-13)7-15-11-10(16(2)3)5-6-14-12(11)17-4/h5-6,15H,7-9H2,1-4H3. The van der Waals surface area contributed by atoms with E-state index in [0.29, 0.717) is 5.88 Å². The van der Waals surface area contributed by atoms with Gasteiger partial charge in [0.25, 0.3) is 0 Å². The fourth-order valence-corrected chi connectivity index (χ4v) is 1.98. The Morgan fingerprint density at radius 1 is 1.50 bits per heavy atom. The summed E-state index contributed by atoms with van der Waals surface area (Å²) < 4.78 is 10.6. The average molecular weight is 251 g/mol. The minimum Gasteiger partial charge on any atom is -0.479 e. The predicted molar refractivity (Wildman–Crippen MR) is 72.5 cm³/mol. The van der Waals surface area contributed by atoms with Crippen LogP contribution < -0.4 is 15.0 Å². The van der Waals surface area contributed by atoms with Crippen molar-refractivity contribution in [3.8, 4) is 5.88 Å². The largest absolute Gasteiger partial charge is 0.479 e. The van der Waals surface area contributed by atoms with Crippen LogP contribution in [0.2, 0.25) is 0 Å². The number of rotatable bonds is 5. The Kier molecular flexibility index (Phi) is 3.61. The van der Waals surface area contributed by atoms with Crippen molar-refractivity contribution in [1.82, 2.24) is 4.98 Å². The topological polar surface area (TPSA) is 46.6 Å². The maximum absolute atomic E-state index is 5.32. The van der Waals surface area contributed by atoms with Gasteiger partial charge in [0.2, 0.25) is 5.88 Å². The van der Waals surface area contributed by atoms with E-state index in [9.17, 15) is 0 Å². The molecule has 0 saturated carbocycles. The van der Waals surface area contributed by atoms with Crippen LogP contribution >= 0.6 is 0 Å². The van der Waals surface area contributed by atoms with Gasteiger partial charge in [0, 0.05) is 32.3 Å². The molecule has 0 radical (unpaired) electrons. The Bertz CT molecular complexity index is 417. The third-order valence-electron chi connectivity index (χ3n) is 3.16. The Morgan fingerprint density at radius 3 is 2.72 bits per heavy atom. The van der Waals surface area contributed by atoms with Crippen LogP contribution in [-0.2, 0) is 4.74 Å². The molecule has 1 aliphatic rings. The van der Waals surface area contributed by atoms with E-state index in [-0.39, 0.29) is 5.41 Å². The van der Waals surface area contributed by atoms with Crippen molar-refractivity contribution >= 4 is 11.4 Å². The summed E-state index contributed by atoms with van der Waals surface area (Å²) in [6, 6.07) is 1.98. The lowest BCUT2D eigenvalue weighted by atomic mass is 9.88. The van der Waals surface area contributed by atoms with Gasteiger partial charge in [-0.25, -0.2) is 4.98 Å². The maximum atomic E-state index is 5.32. The fourth-order valence-electron chi connectivity index (χ4n) is 1.98. The average Bonchev–Trinajstić information content (AvgIpc) is 2.33.